The van der Waals surface area contributed by atoms with Gasteiger partial charge in [-0.1, -0.05) is 29.5 Å². The van der Waals surface area contributed by atoms with Gasteiger partial charge in [-0.15, -0.1) is 0 Å². The molecule has 0 spiro atoms. The molecule has 6 nitrogen and oxygen atoms in total. The monoisotopic (exact) mass is 328 g/mol. The molecule has 0 unspecified atom stereocenters. The van der Waals surface area contributed by atoms with E-state index < -0.39 is 14.9 Å². The molecule has 0 saturated carbocycles. The summed E-state index contributed by atoms with van der Waals surface area (Å²) in [4.78, 5) is 13.3. The quantitative estimate of drug-likeness (QED) is 0.850. The van der Waals surface area contributed by atoms with Crippen molar-refractivity contribution >= 4 is 27.0 Å². The zero-order chi connectivity index (χ0) is 15.5. The molecular formula is C13H16N2O4S2. The molecule has 0 atom stereocenters. The van der Waals surface area contributed by atoms with Crippen molar-refractivity contribution in [2.45, 2.75) is 24.7 Å². The standard InChI is InChI=1S/C13H16N2O4S2/c1-3-19-8-10-6-4-5-7-11(10)15-21(17,18)12-9(2)14-13(16)20-12/h4-7,15H,3,8H2,1-2H3,(H,14,16). The number of sulfonamides is 1. The van der Waals surface area contributed by atoms with Gasteiger partial charge in [-0.05, 0) is 19.9 Å². The lowest BCUT2D eigenvalue weighted by atomic mass is 10.2. The first kappa shape index (κ1) is 15.7. The third-order valence-electron chi connectivity index (χ3n) is 2.75. The molecule has 0 amide bonds. The number of benzene rings is 1. The molecule has 2 aromatic rings. The first-order valence-corrected chi connectivity index (χ1v) is 8.62. The Morgan fingerprint density at radius 2 is 2.05 bits per heavy atom. The lowest BCUT2D eigenvalue weighted by molar-refractivity contribution is 0.134. The number of hydrogen-bond donors (Lipinski definition) is 2. The molecule has 0 radical (unpaired) electrons. The van der Waals surface area contributed by atoms with E-state index in [1.54, 1.807) is 25.1 Å². The van der Waals surface area contributed by atoms with Crippen LogP contribution in [0.25, 0.3) is 0 Å². The van der Waals surface area contributed by atoms with Crippen molar-refractivity contribution in [2.75, 3.05) is 11.3 Å². The van der Waals surface area contributed by atoms with Gasteiger partial charge in [0.1, 0.15) is 0 Å². The number of hydrogen-bond acceptors (Lipinski definition) is 5. The van der Waals surface area contributed by atoms with E-state index in [9.17, 15) is 13.2 Å². The molecule has 1 aromatic heterocycles. The summed E-state index contributed by atoms with van der Waals surface area (Å²) in [6, 6.07) is 7.00. The van der Waals surface area contributed by atoms with Crippen LogP contribution in [-0.2, 0) is 21.4 Å². The Morgan fingerprint density at radius 1 is 1.33 bits per heavy atom. The van der Waals surface area contributed by atoms with Crippen LogP contribution in [0, 0.1) is 6.92 Å². The maximum atomic E-state index is 12.4. The van der Waals surface area contributed by atoms with Gasteiger partial charge in [0.2, 0.25) is 0 Å². The highest BCUT2D eigenvalue weighted by Gasteiger charge is 2.21. The van der Waals surface area contributed by atoms with Gasteiger partial charge in [0.15, 0.2) is 4.21 Å². The van der Waals surface area contributed by atoms with Gasteiger partial charge in [0.05, 0.1) is 12.3 Å². The summed E-state index contributed by atoms with van der Waals surface area (Å²) in [7, 11) is -3.79. The fourth-order valence-electron chi connectivity index (χ4n) is 1.80. The number of aromatic nitrogens is 1. The second-order valence-electron chi connectivity index (χ2n) is 4.33. The molecule has 0 aliphatic rings. The SMILES string of the molecule is CCOCc1ccccc1NS(=O)(=O)c1sc(=O)[nH]c1C. The van der Waals surface area contributed by atoms with Crippen LogP contribution in [0.4, 0.5) is 5.69 Å². The fourth-order valence-corrected chi connectivity index (χ4v) is 4.20. The summed E-state index contributed by atoms with van der Waals surface area (Å²) in [6.07, 6.45) is 0. The van der Waals surface area contributed by atoms with E-state index in [0.717, 1.165) is 5.56 Å². The topological polar surface area (TPSA) is 88.3 Å². The van der Waals surface area contributed by atoms with Crippen LogP contribution in [0.2, 0.25) is 0 Å². The maximum Gasteiger partial charge on any atom is 0.306 e. The summed E-state index contributed by atoms with van der Waals surface area (Å²) < 4.78 is 32.6. The van der Waals surface area contributed by atoms with Gasteiger partial charge in [0, 0.05) is 17.9 Å². The number of thiazole rings is 1. The van der Waals surface area contributed by atoms with Crippen molar-refractivity contribution in [1.29, 1.82) is 0 Å². The molecule has 1 aromatic carbocycles. The first-order valence-electron chi connectivity index (χ1n) is 6.32. The average Bonchev–Trinajstić information content (AvgIpc) is 2.77. The second kappa shape index (κ2) is 6.42. The van der Waals surface area contributed by atoms with Crippen LogP contribution in [0.15, 0.2) is 33.3 Å². The lowest BCUT2D eigenvalue weighted by Crippen LogP contribution is -2.14. The Bertz CT molecular complexity index is 777. The van der Waals surface area contributed by atoms with Crippen molar-refractivity contribution in [2.24, 2.45) is 0 Å². The highest BCUT2D eigenvalue weighted by Crippen LogP contribution is 2.23. The van der Waals surface area contributed by atoms with Crippen LogP contribution in [0.1, 0.15) is 18.2 Å². The Morgan fingerprint density at radius 3 is 2.67 bits per heavy atom. The van der Waals surface area contributed by atoms with E-state index in [1.165, 1.54) is 0 Å². The Hall–Kier alpha value is -1.64. The summed E-state index contributed by atoms with van der Waals surface area (Å²) >= 11 is 0.671. The van der Waals surface area contributed by atoms with Crippen LogP contribution >= 0.6 is 11.3 Å². The Kier molecular flexibility index (Phi) is 4.81. The molecular weight excluding hydrogens is 312 g/mol. The number of H-pyrrole nitrogens is 1. The zero-order valence-electron chi connectivity index (χ0n) is 11.7. The summed E-state index contributed by atoms with van der Waals surface area (Å²) in [5, 5.41) is 0. The van der Waals surface area contributed by atoms with Gasteiger partial charge < -0.3 is 9.72 Å². The minimum absolute atomic E-state index is 0.00119. The van der Waals surface area contributed by atoms with Crippen molar-refractivity contribution < 1.29 is 13.2 Å². The van der Waals surface area contributed by atoms with Gasteiger partial charge in [-0.2, -0.15) is 0 Å². The molecule has 2 N–H and O–H groups in total. The molecule has 8 heteroatoms. The highest BCUT2D eigenvalue weighted by molar-refractivity contribution is 7.94. The third-order valence-corrected chi connectivity index (χ3v) is 5.72. The summed E-state index contributed by atoms with van der Waals surface area (Å²) in [5.74, 6) is 0. The van der Waals surface area contributed by atoms with Crippen LogP contribution in [0.3, 0.4) is 0 Å². The number of rotatable bonds is 6. The normalized spacial score (nSPS) is 11.5. The van der Waals surface area contributed by atoms with Crippen molar-refractivity contribution in [1.82, 2.24) is 4.98 Å². The second-order valence-corrected chi connectivity index (χ2v) is 7.19. The van der Waals surface area contributed by atoms with Gasteiger partial charge in [-0.3, -0.25) is 9.52 Å². The lowest BCUT2D eigenvalue weighted by Gasteiger charge is -2.11. The Balaban J connectivity index is 2.33. The van der Waals surface area contributed by atoms with E-state index in [2.05, 4.69) is 9.71 Å². The molecule has 114 valence electrons. The van der Waals surface area contributed by atoms with Crippen molar-refractivity contribution in [3.8, 4) is 0 Å². The smallest absolute Gasteiger partial charge is 0.306 e. The van der Waals surface area contributed by atoms with Crippen molar-refractivity contribution in [3.05, 3.63) is 45.2 Å². The van der Waals surface area contributed by atoms with Crippen LogP contribution in [-0.4, -0.2) is 20.0 Å². The fraction of sp³-hybridized carbons (Fsp3) is 0.308. The number of aryl methyl sites for hydroxylation is 1. The maximum absolute atomic E-state index is 12.4. The number of nitrogens with one attached hydrogen (secondary N) is 2. The minimum atomic E-state index is -3.79. The van der Waals surface area contributed by atoms with E-state index in [4.69, 9.17) is 4.74 Å². The minimum Gasteiger partial charge on any atom is -0.377 e. The zero-order valence-corrected chi connectivity index (χ0v) is 13.3. The molecule has 1 heterocycles. The predicted molar refractivity (Wildman–Crippen MR) is 82.3 cm³/mol. The van der Waals surface area contributed by atoms with Gasteiger partial charge >= 0.3 is 4.87 Å². The molecule has 0 aliphatic carbocycles. The van der Waals surface area contributed by atoms with Crippen LogP contribution in [0.5, 0.6) is 0 Å². The summed E-state index contributed by atoms with van der Waals surface area (Å²) in [5.41, 5.74) is 1.52. The number of ether oxygens (including phenoxy) is 1. The van der Waals surface area contributed by atoms with E-state index in [0.29, 0.717) is 35.9 Å². The molecule has 0 saturated heterocycles. The van der Waals surface area contributed by atoms with E-state index in [-0.39, 0.29) is 4.21 Å². The van der Waals surface area contributed by atoms with E-state index >= 15 is 0 Å². The highest BCUT2D eigenvalue weighted by atomic mass is 32.2. The molecule has 2 rings (SSSR count). The molecule has 21 heavy (non-hydrogen) atoms. The largest absolute Gasteiger partial charge is 0.377 e. The van der Waals surface area contributed by atoms with Gasteiger partial charge in [0.25, 0.3) is 10.0 Å². The first-order chi connectivity index (χ1) is 9.94. The number of anilines is 1. The predicted octanol–water partition coefficient (Wildman–Crippen LogP) is 2.08. The van der Waals surface area contributed by atoms with Crippen LogP contribution < -0.4 is 9.60 Å². The number of para-hydroxylation sites is 1. The van der Waals surface area contributed by atoms with Crippen molar-refractivity contribution in [3.63, 3.8) is 0 Å². The third kappa shape index (κ3) is 3.72. The summed E-state index contributed by atoms with van der Waals surface area (Å²) in [6.45, 7) is 4.28. The number of aromatic amines is 1. The average molecular weight is 328 g/mol. The molecule has 0 fully saturated rings. The Labute approximate surface area is 126 Å². The van der Waals surface area contributed by atoms with Gasteiger partial charge in [-0.25, -0.2) is 8.42 Å². The molecule has 0 bridgehead atoms. The molecule has 0 aliphatic heterocycles. The van der Waals surface area contributed by atoms with E-state index in [1.807, 2.05) is 13.0 Å².